The van der Waals surface area contributed by atoms with Gasteiger partial charge in [-0.05, 0) is 72.9 Å². The van der Waals surface area contributed by atoms with Gasteiger partial charge in [-0.1, -0.05) is 48.0 Å². The molecule has 1 N–H and O–H groups in total. The number of sulfonamides is 1. The number of fused-ring (bicyclic) bond motifs is 1. The zero-order valence-electron chi connectivity index (χ0n) is 19.9. The number of hydrogen-bond donors (Lipinski definition) is 1. The van der Waals surface area contributed by atoms with Crippen LogP contribution in [0.3, 0.4) is 0 Å². The van der Waals surface area contributed by atoms with Crippen molar-refractivity contribution in [2.45, 2.75) is 31.3 Å². The van der Waals surface area contributed by atoms with E-state index in [1.807, 2.05) is 0 Å². The maximum atomic E-state index is 13.6. The van der Waals surface area contributed by atoms with Gasteiger partial charge in [0.25, 0.3) is 10.0 Å². The topological polar surface area (TPSA) is 74.7 Å². The molecular weight excluding hydrogens is 527 g/mol. The number of alkyl halides is 3. The minimum Gasteiger partial charge on any atom is -0.481 e. The first-order valence-corrected chi connectivity index (χ1v) is 13.1. The third-order valence-corrected chi connectivity index (χ3v) is 8.34. The largest absolute Gasteiger partial charge is 0.481 e. The zero-order valence-corrected chi connectivity index (χ0v) is 21.5. The monoisotopic (exact) mass is 549 g/mol. The van der Waals surface area contributed by atoms with E-state index >= 15 is 0 Å². The van der Waals surface area contributed by atoms with E-state index in [0.717, 1.165) is 15.9 Å². The number of hydrogen-bond acceptors (Lipinski definition) is 3. The summed E-state index contributed by atoms with van der Waals surface area (Å²) in [6.07, 6.45) is -3.00. The first kappa shape index (κ1) is 26.8. The second-order valence-electron chi connectivity index (χ2n) is 8.97. The molecule has 1 unspecified atom stereocenters. The molecule has 1 aliphatic heterocycles. The zero-order chi connectivity index (χ0) is 27.1. The molecule has 0 spiro atoms. The quantitative estimate of drug-likeness (QED) is 0.360. The molecule has 4 rings (SSSR count). The number of aliphatic carboxylic acids is 1. The van der Waals surface area contributed by atoms with Crippen LogP contribution in [0.5, 0.6) is 0 Å². The molecule has 0 amide bonds. The van der Waals surface area contributed by atoms with Crippen LogP contribution in [0.4, 0.5) is 18.9 Å². The maximum absolute atomic E-state index is 13.6. The number of nitrogens with zero attached hydrogens (tertiary/aromatic N) is 1. The van der Waals surface area contributed by atoms with Crippen LogP contribution in [0, 0.1) is 12.8 Å². The molecule has 5 nitrogen and oxygen atoms in total. The van der Waals surface area contributed by atoms with Crippen molar-refractivity contribution in [1.82, 2.24) is 0 Å². The van der Waals surface area contributed by atoms with Crippen LogP contribution in [0.15, 0.2) is 65.6 Å². The predicted octanol–water partition coefficient (Wildman–Crippen LogP) is 6.68. The van der Waals surface area contributed by atoms with E-state index in [1.165, 1.54) is 37.3 Å². The number of allylic oxidation sites excluding steroid dienone is 1. The van der Waals surface area contributed by atoms with Crippen molar-refractivity contribution < 1.29 is 31.5 Å². The molecule has 3 aromatic rings. The molecule has 194 valence electrons. The lowest BCUT2D eigenvalue weighted by Gasteiger charge is -2.34. The van der Waals surface area contributed by atoms with Gasteiger partial charge in [0.1, 0.15) is 0 Å². The Bertz CT molecular complexity index is 1520. The molecule has 0 aliphatic carbocycles. The molecular formula is C27H23ClF3NO4S. The highest BCUT2D eigenvalue weighted by molar-refractivity contribution is 7.92. The van der Waals surface area contributed by atoms with E-state index in [-0.39, 0.29) is 39.7 Å². The Balaban J connectivity index is 1.84. The van der Waals surface area contributed by atoms with Gasteiger partial charge in [-0.25, -0.2) is 8.42 Å². The van der Waals surface area contributed by atoms with Gasteiger partial charge in [0.05, 0.1) is 22.1 Å². The summed E-state index contributed by atoms with van der Waals surface area (Å²) < 4.78 is 69.1. The Morgan fingerprint density at radius 3 is 2.46 bits per heavy atom. The summed E-state index contributed by atoms with van der Waals surface area (Å²) in [6, 6.07) is 14.6. The van der Waals surface area contributed by atoms with Crippen LogP contribution in [0.1, 0.15) is 34.7 Å². The molecule has 0 radical (unpaired) electrons. The third kappa shape index (κ3) is 5.38. The van der Waals surface area contributed by atoms with Crippen molar-refractivity contribution in [2.75, 3.05) is 10.8 Å². The average molecular weight is 550 g/mol. The van der Waals surface area contributed by atoms with Crippen molar-refractivity contribution >= 4 is 44.9 Å². The summed E-state index contributed by atoms with van der Waals surface area (Å²) in [7, 11) is -4.12. The van der Waals surface area contributed by atoms with Gasteiger partial charge in [-0.2, -0.15) is 13.2 Å². The van der Waals surface area contributed by atoms with E-state index < -0.39 is 33.7 Å². The van der Waals surface area contributed by atoms with Crippen molar-refractivity contribution in [2.24, 2.45) is 5.92 Å². The lowest BCUT2D eigenvalue weighted by Crippen LogP contribution is -2.42. The van der Waals surface area contributed by atoms with E-state index in [0.29, 0.717) is 11.1 Å². The summed E-state index contributed by atoms with van der Waals surface area (Å²) >= 11 is 6.14. The van der Waals surface area contributed by atoms with E-state index in [9.17, 15) is 31.5 Å². The normalized spacial score (nSPS) is 16.4. The Morgan fingerprint density at radius 1 is 1.11 bits per heavy atom. The molecule has 0 fully saturated rings. The molecule has 1 heterocycles. The molecule has 0 saturated carbocycles. The first-order chi connectivity index (χ1) is 17.3. The lowest BCUT2D eigenvalue weighted by molar-refractivity contribution is -0.141. The van der Waals surface area contributed by atoms with E-state index in [2.05, 4.69) is 0 Å². The van der Waals surface area contributed by atoms with Crippen LogP contribution in [-0.2, 0) is 27.4 Å². The molecule has 1 atom stereocenters. The van der Waals surface area contributed by atoms with Gasteiger partial charge in [-0.3, -0.25) is 9.10 Å². The van der Waals surface area contributed by atoms with E-state index in [4.69, 9.17) is 11.6 Å². The molecule has 1 aliphatic rings. The van der Waals surface area contributed by atoms with Gasteiger partial charge in [0.2, 0.25) is 0 Å². The Morgan fingerprint density at radius 2 is 1.81 bits per heavy atom. The Labute approximate surface area is 217 Å². The number of aryl methyl sites for hydroxylation is 1. The minimum atomic E-state index is -4.62. The molecule has 0 saturated heterocycles. The predicted molar refractivity (Wildman–Crippen MR) is 137 cm³/mol. The maximum Gasteiger partial charge on any atom is 0.417 e. The number of carbonyl (C=O) groups is 1. The van der Waals surface area contributed by atoms with Crippen molar-refractivity contribution in [3.05, 3.63) is 93.5 Å². The van der Waals surface area contributed by atoms with E-state index in [1.54, 1.807) is 37.3 Å². The second-order valence-corrected chi connectivity index (χ2v) is 11.2. The van der Waals surface area contributed by atoms with Crippen molar-refractivity contribution in [3.8, 4) is 0 Å². The smallest absolute Gasteiger partial charge is 0.417 e. The van der Waals surface area contributed by atoms with Crippen LogP contribution < -0.4 is 4.31 Å². The molecule has 37 heavy (non-hydrogen) atoms. The summed E-state index contributed by atoms with van der Waals surface area (Å²) in [4.78, 5) is 11.8. The number of carboxylic acids is 1. The van der Waals surface area contributed by atoms with Crippen molar-refractivity contribution in [1.29, 1.82) is 0 Å². The van der Waals surface area contributed by atoms with Gasteiger partial charge in [-0.15, -0.1) is 0 Å². The highest BCUT2D eigenvalue weighted by Crippen LogP contribution is 2.40. The summed E-state index contributed by atoms with van der Waals surface area (Å²) in [5.41, 5.74) is 1.17. The number of halogens is 4. The summed E-state index contributed by atoms with van der Waals surface area (Å²) in [5, 5.41) is 9.58. The van der Waals surface area contributed by atoms with Crippen molar-refractivity contribution in [3.63, 3.8) is 0 Å². The SMILES string of the molecule is C/C(=C\c1ccc2c(c1)N(S(=O)(=O)c1cccc(C)c1)CC(C(=O)O)C2)c1c(Cl)cccc1C(F)(F)F. The Hall–Kier alpha value is -3.30. The number of carboxylic acid groups (broad SMARTS) is 1. The second kappa shape index (κ2) is 9.87. The van der Waals surface area contributed by atoms with Gasteiger partial charge < -0.3 is 5.11 Å². The van der Waals surface area contributed by atoms with Gasteiger partial charge >= 0.3 is 12.1 Å². The number of rotatable bonds is 5. The molecule has 10 heteroatoms. The molecule has 0 aromatic heterocycles. The van der Waals surface area contributed by atoms with Crippen LogP contribution >= 0.6 is 11.6 Å². The fourth-order valence-electron chi connectivity index (χ4n) is 4.48. The third-order valence-electron chi connectivity index (χ3n) is 6.25. The lowest BCUT2D eigenvalue weighted by atomic mass is 9.92. The van der Waals surface area contributed by atoms with Crippen LogP contribution in [-0.4, -0.2) is 26.0 Å². The standard InChI is InChI=1S/C27H23ClF3NO4S/c1-16-5-3-6-21(11-16)37(35,36)32-15-20(26(33)34)14-19-10-9-18(13-24(19)32)12-17(2)25-22(27(29,30)31)7-4-8-23(25)28/h3-13,20H,14-15H2,1-2H3,(H,33,34)/b17-12+. The molecule has 3 aromatic carbocycles. The summed E-state index contributed by atoms with van der Waals surface area (Å²) in [5.74, 6) is -2.07. The number of anilines is 1. The van der Waals surface area contributed by atoms with Gasteiger partial charge in [0.15, 0.2) is 0 Å². The van der Waals surface area contributed by atoms with Gasteiger partial charge in [0, 0.05) is 17.1 Å². The Kier molecular flexibility index (Phi) is 7.14. The number of benzene rings is 3. The molecule has 0 bridgehead atoms. The first-order valence-electron chi connectivity index (χ1n) is 11.3. The highest BCUT2D eigenvalue weighted by atomic mass is 35.5. The summed E-state index contributed by atoms with van der Waals surface area (Å²) in [6.45, 7) is 2.98. The minimum absolute atomic E-state index is 0.0208. The highest BCUT2D eigenvalue weighted by Gasteiger charge is 2.37. The van der Waals surface area contributed by atoms with Crippen LogP contribution in [0.2, 0.25) is 5.02 Å². The average Bonchev–Trinajstić information content (AvgIpc) is 2.82. The fourth-order valence-corrected chi connectivity index (χ4v) is 6.45. The van der Waals surface area contributed by atoms with Crippen LogP contribution in [0.25, 0.3) is 11.6 Å². The fraction of sp³-hybridized carbons (Fsp3) is 0.222.